The monoisotopic (exact) mass is 701 g/mol. The first-order valence-corrected chi connectivity index (χ1v) is 18.7. The maximum atomic E-state index is 13.5. The molecule has 50 heavy (non-hydrogen) atoms. The van der Waals surface area contributed by atoms with Gasteiger partial charge in [-0.25, -0.2) is 0 Å². The number of hydrogen-bond acceptors (Lipinski definition) is 7. The van der Waals surface area contributed by atoms with Crippen molar-refractivity contribution >= 4 is 23.5 Å². The smallest absolute Gasteiger partial charge is 0.304 e. The number of amides is 1. The van der Waals surface area contributed by atoms with E-state index in [9.17, 15) is 9.59 Å². The van der Waals surface area contributed by atoms with Crippen molar-refractivity contribution in [2.24, 2.45) is 17.8 Å². The highest BCUT2D eigenvalue weighted by Crippen LogP contribution is 2.50. The van der Waals surface area contributed by atoms with Crippen molar-refractivity contribution in [2.75, 3.05) is 13.6 Å². The first-order chi connectivity index (χ1) is 24.0. The van der Waals surface area contributed by atoms with E-state index in [1.165, 1.54) is 18.1 Å². The number of benzene rings is 2. The fourth-order valence-electron chi connectivity index (χ4n) is 7.24. The predicted molar refractivity (Wildman–Crippen MR) is 196 cm³/mol. The molecular formula is C41H52ClN3O5. The van der Waals surface area contributed by atoms with Crippen LogP contribution in [0.5, 0.6) is 5.75 Å². The molecule has 1 aromatic heterocycles. The van der Waals surface area contributed by atoms with E-state index in [-0.39, 0.29) is 35.1 Å². The number of nitrogens with one attached hydrogen (secondary N) is 1. The molecule has 1 saturated heterocycles. The van der Waals surface area contributed by atoms with Crippen LogP contribution in [0.2, 0.25) is 5.02 Å². The number of hydrogen-bond donors (Lipinski definition) is 1. The Labute approximate surface area is 302 Å². The third kappa shape index (κ3) is 8.19. The Hall–Kier alpha value is -3.46. The lowest BCUT2D eigenvalue weighted by Gasteiger charge is -2.43. The summed E-state index contributed by atoms with van der Waals surface area (Å²) in [6.07, 6.45) is 8.91. The zero-order chi connectivity index (χ0) is 35.6. The van der Waals surface area contributed by atoms with Crippen molar-refractivity contribution in [3.05, 3.63) is 82.6 Å². The van der Waals surface area contributed by atoms with Crippen molar-refractivity contribution in [3.63, 3.8) is 0 Å². The highest BCUT2D eigenvalue weighted by Gasteiger charge is 2.46. The standard InChI is InChI=1S/C41H52ClN3O5/c1-25(10-9-21-45(6)39(47)38-27(3)26(2)28(4)40(50-38)48-29(5)46)30-13-16-36(42)31(22-30)23-44-41(18-19-41)35-24-43-20-17-33(35)34-11-7-8-12-37(34)49-32-14-15-32/h7-8,11-13,16-17,20,22,24-28,32,38,40,44H,9-10,14-15,18-19,21,23H2,1-6H3/t25?,26-,27-,28+,38-,40?/m0/s1. The van der Waals surface area contributed by atoms with E-state index >= 15 is 0 Å². The van der Waals surface area contributed by atoms with Gasteiger partial charge < -0.3 is 24.4 Å². The van der Waals surface area contributed by atoms with Gasteiger partial charge in [-0.1, -0.05) is 69.6 Å². The first kappa shape index (κ1) is 36.3. The van der Waals surface area contributed by atoms with Crippen LogP contribution in [-0.4, -0.2) is 53.9 Å². The van der Waals surface area contributed by atoms with Crippen LogP contribution < -0.4 is 10.1 Å². The van der Waals surface area contributed by atoms with Gasteiger partial charge in [0, 0.05) is 61.5 Å². The summed E-state index contributed by atoms with van der Waals surface area (Å²) in [6, 6.07) is 16.8. The van der Waals surface area contributed by atoms with Crippen molar-refractivity contribution in [1.82, 2.24) is 15.2 Å². The maximum absolute atomic E-state index is 13.5. The van der Waals surface area contributed by atoms with E-state index in [1.54, 1.807) is 4.90 Å². The summed E-state index contributed by atoms with van der Waals surface area (Å²) < 4.78 is 17.8. The Kier molecular flexibility index (Phi) is 11.2. The number of esters is 1. The normalized spacial score (nSPS) is 24.7. The van der Waals surface area contributed by atoms with Crippen LogP contribution in [-0.2, 0) is 31.1 Å². The van der Waals surface area contributed by atoms with Crippen LogP contribution in [0.15, 0.2) is 60.9 Å². The molecule has 0 radical (unpaired) electrons. The Morgan fingerprint density at radius 3 is 2.54 bits per heavy atom. The van der Waals surface area contributed by atoms with E-state index in [4.69, 9.17) is 25.8 Å². The summed E-state index contributed by atoms with van der Waals surface area (Å²) in [7, 11) is 1.83. The summed E-state index contributed by atoms with van der Waals surface area (Å²) in [5, 5.41) is 4.62. The quantitative estimate of drug-likeness (QED) is 0.169. The fourth-order valence-corrected chi connectivity index (χ4v) is 7.43. The zero-order valence-electron chi connectivity index (χ0n) is 30.3. The number of nitrogens with zero attached hydrogens (tertiary/aromatic N) is 2. The molecule has 8 nitrogen and oxygen atoms in total. The average Bonchev–Trinajstić information content (AvgIpc) is 4.05. The summed E-state index contributed by atoms with van der Waals surface area (Å²) >= 11 is 6.77. The summed E-state index contributed by atoms with van der Waals surface area (Å²) in [5.74, 6) is 0.968. The largest absolute Gasteiger partial charge is 0.490 e. The fraction of sp³-hybridized carbons (Fsp3) is 0.537. The number of halogens is 1. The average molecular weight is 702 g/mol. The number of rotatable bonds is 14. The van der Waals surface area contributed by atoms with Crippen molar-refractivity contribution < 1.29 is 23.8 Å². The van der Waals surface area contributed by atoms with Crippen molar-refractivity contribution in [3.8, 4) is 16.9 Å². The number of aromatic nitrogens is 1. The maximum Gasteiger partial charge on any atom is 0.304 e. The molecule has 0 bridgehead atoms. The summed E-state index contributed by atoms with van der Waals surface area (Å²) in [4.78, 5) is 31.4. The zero-order valence-corrected chi connectivity index (χ0v) is 31.0. The molecule has 2 heterocycles. The molecule has 2 aliphatic carbocycles. The number of carbonyl (C=O) groups is 2. The SMILES string of the molecule is CC(=O)OC1O[C@H](C(=O)N(C)CCCC(C)c2ccc(Cl)c(CNC3(c4cnccc4-c4ccccc4OC4CC4)CC3)c2)[C@@H](C)[C@H](C)[C@H]1C. The second-order valence-electron chi connectivity index (χ2n) is 14.9. The molecule has 1 amide bonds. The van der Waals surface area contributed by atoms with Gasteiger partial charge in [0.25, 0.3) is 5.91 Å². The number of ether oxygens (including phenoxy) is 3. The van der Waals surface area contributed by atoms with Gasteiger partial charge in [-0.15, -0.1) is 0 Å². The lowest BCUT2D eigenvalue weighted by Crippen LogP contribution is -2.53. The minimum Gasteiger partial charge on any atom is -0.490 e. The van der Waals surface area contributed by atoms with Crippen LogP contribution in [0.1, 0.15) is 95.8 Å². The Bertz CT molecular complexity index is 1670. The third-order valence-electron chi connectivity index (χ3n) is 11.2. The lowest BCUT2D eigenvalue weighted by molar-refractivity contribution is -0.241. The first-order valence-electron chi connectivity index (χ1n) is 18.3. The van der Waals surface area contributed by atoms with Crippen molar-refractivity contribution in [2.45, 2.75) is 110 Å². The molecule has 3 aromatic rings. The van der Waals surface area contributed by atoms with Crippen LogP contribution >= 0.6 is 11.6 Å². The van der Waals surface area contributed by atoms with Crippen LogP contribution in [0, 0.1) is 17.8 Å². The summed E-state index contributed by atoms with van der Waals surface area (Å²) in [6.45, 7) is 11.0. The number of carbonyl (C=O) groups excluding carboxylic acids is 2. The molecular weight excluding hydrogens is 650 g/mol. The highest BCUT2D eigenvalue weighted by molar-refractivity contribution is 6.31. The van der Waals surface area contributed by atoms with Gasteiger partial charge in [-0.2, -0.15) is 0 Å². The van der Waals surface area contributed by atoms with Gasteiger partial charge in [0.15, 0.2) is 0 Å². The van der Waals surface area contributed by atoms with E-state index in [2.05, 4.69) is 60.5 Å². The van der Waals surface area contributed by atoms with Gasteiger partial charge in [-0.3, -0.25) is 14.6 Å². The molecule has 3 fully saturated rings. The van der Waals surface area contributed by atoms with E-state index in [1.807, 2.05) is 45.4 Å². The van der Waals surface area contributed by atoms with Crippen LogP contribution in [0.3, 0.4) is 0 Å². The number of pyridine rings is 1. The Morgan fingerprint density at radius 1 is 1.06 bits per heavy atom. The number of likely N-dealkylation sites (N-methyl/N-ethyl adjacent to an activating group) is 1. The third-order valence-corrected chi connectivity index (χ3v) is 11.6. The number of para-hydroxylation sites is 1. The highest BCUT2D eigenvalue weighted by atomic mass is 35.5. The van der Waals surface area contributed by atoms with Crippen molar-refractivity contribution in [1.29, 1.82) is 0 Å². The van der Waals surface area contributed by atoms with Gasteiger partial charge in [0.05, 0.1) is 6.10 Å². The second kappa shape index (κ2) is 15.4. The molecule has 268 valence electrons. The van der Waals surface area contributed by atoms with Gasteiger partial charge in [-0.05, 0) is 96.7 Å². The minimum absolute atomic E-state index is 0.0143. The predicted octanol–water partition coefficient (Wildman–Crippen LogP) is 8.26. The molecule has 1 N–H and O–H groups in total. The molecule has 3 aliphatic rings. The lowest BCUT2D eigenvalue weighted by atomic mass is 9.78. The van der Waals surface area contributed by atoms with Gasteiger partial charge in [0.2, 0.25) is 6.29 Å². The molecule has 1 aliphatic heterocycles. The molecule has 9 heteroatoms. The summed E-state index contributed by atoms with van der Waals surface area (Å²) in [5.41, 5.74) is 5.62. The second-order valence-corrected chi connectivity index (χ2v) is 15.3. The molecule has 2 unspecified atom stereocenters. The topological polar surface area (TPSA) is 90.0 Å². The Morgan fingerprint density at radius 2 is 1.82 bits per heavy atom. The molecule has 0 spiro atoms. The molecule has 6 atom stereocenters. The Balaban J connectivity index is 1.06. The van der Waals surface area contributed by atoms with Crippen LogP contribution in [0.4, 0.5) is 0 Å². The van der Waals surface area contributed by atoms with E-state index < -0.39 is 18.4 Å². The molecule has 2 aromatic carbocycles. The van der Waals surface area contributed by atoms with Gasteiger partial charge >= 0.3 is 5.97 Å². The van der Waals surface area contributed by atoms with Crippen LogP contribution in [0.25, 0.3) is 11.1 Å². The molecule has 2 saturated carbocycles. The minimum atomic E-state index is -0.709. The van der Waals surface area contributed by atoms with E-state index in [0.29, 0.717) is 19.2 Å². The van der Waals surface area contributed by atoms with E-state index in [0.717, 1.165) is 66.0 Å². The van der Waals surface area contributed by atoms with Gasteiger partial charge in [0.1, 0.15) is 11.9 Å². The molecule has 6 rings (SSSR count).